The third-order valence-corrected chi connectivity index (χ3v) is 8.55. The summed E-state index contributed by atoms with van der Waals surface area (Å²) in [6.45, 7) is 3.96. The summed E-state index contributed by atoms with van der Waals surface area (Å²) >= 11 is 0. The van der Waals surface area contributed by atoms with Crippen LogP contribution in [0.3, 0.4) is 0 Å². The minimum absolute atomic E-state index is 0.0561. The summed E-state index contributed by atoms with van der Waals surface area (Å²) in [6, 6.07) is 8.14. The van der Waals surface area contributed by atoms with Crippen LogP contribution in [-0.4, -0.2) is 74.2 Å². The largest absolute Gasteiger partial charge is 0.353 e. The Bertz CT molecular complexity index is 1690. The molecule has 0 bridgehead atoms. The average molecular weight is 550 g/mol. The molecule has 0 aromatic carbocycles. The van der Waals surface area contributed by atoms with Gasteiger partial charge in [-0.1, -0.05) is 19.3 Å². The maximum atomic E-state index is 12.7. The summed E-state index contributed by atoms with van der Waals surface area (Å²) < 4.78 is 0. The fourth-order valence-electron chi connectivity index (χ4n) is 6.23. The molecule has 7 rings (SSSR count). The minimum atomic E-state index is 0.0561. The number of nitrogens with zero attached hydrogens (tertiary/aromatic N) is 6. The molecule has 0 radical (unpaired) electrons. The molecular weight excluding hydrogens is 514 g/mol. The van der Waals surface area contributed by atoms with Gasteiger partial charge in [0.1, 0.15) is 11.5 Å². The quantitative estimate of drug-likeness (QED) is 0.266. The van der Waals surface area contributed by atoms with Gasteiger partial charge in [0.25, 0.3) is 0 Å². The van der Waals surface area contributed by atoms with E-state index in [1.807, 2.05) is 24.4 Å². The highest BCUT2D eigenvalue weighted by Crippen LogP contribution is 2.34. The molecule has 5 aromatic heterocycles. The minimum Gasteiger partial charge on any atom is -0.353 e. The van der Waals surface area contributed by atoms with E-state index in [0.29, 0.717) is 18.0 Å². The second kappa shape index (κ2) is 10.9. The second-order valence-electron chi connectivity index (χ2n) is 11.5. The standard InChI is InChI=1S/C31H35N9O/c1-39-9-11-40(12-10-39)31-24-16-27(36-25(24)7-8-33-31)30-23-15-26(34-19-28(23)37-38-30)21-14-22(18-32-17-21)35-29(41)13-20-5-3-2-4-6-20/h7-8,14-20,36H,2-6,9-13H2,1H3,(H,35,41)(H,37,38). The molecule has 1 aliphatic carbocycles. The summed E-state index contributed by atoms with van der Waals surface area (Å²) in [5.41, 5.74) is 5.94. The fraction of sp³-hybridized carbons (Fsp3) is 0.387. The van der Waals surface area contributed by atoms with Crippen LogP contribution in [0.2, 0.25) is 0 Å². The molecule has 1 amide bonds. The van der Waals surface area contributed by atoms with Crippen LogP contribution >= 0.6 is 0 Å². The molecule has 6 heterocycles. The van der Waals surface area contributed by atoms with Gasteiger partial charge in [-0.3, -0.25) is 19.9 Å². The molecule has 3 N–H and O–H groups in total. The van der Waals surface area contributed by atoms with Crippen molar-refractivity contribution in [1.82, 2.24) is 35.0 Å². The number of carbonyl (C=O) groups is 1. The van der Waals surface area contributed by atoms with Gasteiger partial charge in [-0.2, -0.15) is 5.10 Å². The molecule has 1 aliphatic heterocycles. The monoisotopic (exact) mass is 549 g/mol. The Hall–Kier alpha value is -4.31. The summed E-state index contributed by atoms with van der Waals surface area (Å²) in [6.07, 6.45) is 13.8. The molecule has 1 saturated carbocycles. The number of fused-ring (bicyclic) bond motifs is 2. The first-order chi connectivity index (χ1) is 20.1. The van der Waals surface area contributed by atoms with Crippen molar-refractivity contribution in [3.63, 3.8) is 0 Å². The molecule has 5 aromatic rings. The molecule has 1 saturated heterocycles. The molecule has 0 spiro atoms. The van der Waals surface area contributed by atoms with Gasteiger partial charge >= 0.3 is 0 Å². The average Bonchev–Trinajstić information content (AvgIpc) is 3.62. The van der Waals surface area contributed by atoms with E-state index in [2.05, 4.69) is 53.4 Å². The van der Waals surface area contributed by atoms with Crippen LogP contribution in [-0.2, 0) is 4.79 Å². The van der Waals surface area contributed by atoms with Crippen molar-refractivity contribution in [2.45, 2.75) is 38.5 Å². The number of nitrogens with one attached hydrogen (secondary N) is 3. The lowest BCUT2D eigenvalue weighted by Gasteiger charge is -2.33. The summed E-state index contributed by atoms with van der Waals surface area (Å²) in [5, 5.41) is 12.9. The first-order valence-corrected chi connectivity index (χ1v) is 14.6. The molecule has 0 unspecified atom stereocenters. The Morgan fingerprint density at radius 3 is 2.68 bits per heavy atom. The number of hydrogen-bond donors (Lipinski definition) is 3. The number of likely N-dealkylation sites (N-methyl/N-ethyl adjacent to an activating group) is 1. The highest BCUT2D eigenvalue weighted by molar-refractivity contribution is 5.99. The number of carbonyl (C=O) groups excluding carboxylic acids is 1. The van der Waals surface area contributed by atoms with Crippen molar-refractivity contribution < 1.29 is 4.79 Å². The molecule has 210 valence electrons. The summed E-state index contributed by atoms with van der Waals surface area (Å²) in [5.74, 6) is 1.55. The summed E-state index contributed by atoms with van der Waals surface area (Å²) in [7, 11) is 2.16. The predicted molar refractivity (Wildman–Crippen MR) is 162 cm³/mol. The molecule has 41 heavy (non-hydrogen) atoms. The van der Waals surface area contributed by atoms with E-state index in [0.717, 1.165) is 89.3 Å². The van der Waals surface area contributed by atoms with Crippen LogP contribution in [0.5, 0.6) is 0 Å². The zero-order valence-electron chi connectivity index (χ0n) is 23.4. The number of pyridine rings is 3. The first kappa shape index (κ1) is 25.6. The van der Waals surface area contributed by atoms with Gasteiger partial charge in [-0.05, 0) is 50.1 Å². The van der Waals surface area contributed by atoms with Crippen molar-refractivity contribution in [1.29, 1.82) is 0 Å². The van der Waals surface area contributed by atoms with Gasteiger partial charge < -0.3 is 20.1 Å². The van der Waals surface area contributed by atoms with Gasteiger partial charge in [0.05, 0.1) is 40.5 Å². The predicted octanol–water partition coefficient (Wildman–Crippen LogP) is 5.22. The number of H-pyrrole nitrogens is 2. The Labute approximate surface area is 238 Å². The topological polar surface area (TPSA) is 119 Å². The van der Waals surface area contributed by atoms with E-state index in [1.165, 1.54) is 19.3 Å². The Kier molecular flexibility index (Phi) is 6.84. The number of aromatic amines is 2. The molecular formula is C31H35N9O. The normalized spacial score (nSPS) is 17.0. The zero-order chi connectivity index (χ0) is 27.8. The zero-order valence-corrected chi connectivity index (χ0v) is 23.4. The SMILES string of the molecule is CN1CCN(c2nccc3[nH]c(-c4n[nH]c5cnc(-c6cncc(NC(=O)CC7CCCCC7)c6)cc45)cc23)CC1. The van der Waals surface area contributed by atoms with E-state index in [4.69, 9.17) is 4.98 Å². The maximum absolute atomic E-state index is 12.7. The fourth-order valence-corrected chi connectivity index (χ4v) is 6.23. The van der Waals surface area contributed by atoms with Crippen LogP contribution in [0.4, 0.5) is 11.5 Å². The van der Waals surface area contributed by atoms with E-state index in [1.54, 1.807) is 18.6 Å². The van der Waals surface area contributed by atoms with Crippen molar-refractivity contribution in [3.8, 4) is 22.6 Å². The van der Waals surface area contributed by atoms with Crippen molar-refractivity contribution in [3.05, 3.63) is 49.1 Å². The third kappa shape index (κ3) is 5.27. The van der Waals surface area contributed by atoms with E-state index >= 15 is 0 Å². The number of amides is 1. The third-order valence-electron chi connectivity index (χ3n) is 8.55. The Morgan fingerprint density at radius 2 is 1.83 bits per heavy atom. The number of aromatic nitrogens is 6. The molecule has 2 aliphatic rings. The molecule has 2 fully saturated rings. The van der Waals surface area contributed by atoms with Gasteiger partial charge in [-0.15, -0.1) is 0 Å². The van der Waals surface area contributed by atoms with Crippen molar-refractivity contribution >= 4 is 39.2 Å². The maximum Gasteiger partial charge on any atom is 0.224 e. The van der Waals surface area contributed by atoms with E-state index in [9.17, 15) is 4.79 Å². The lowest BCUT2D eigenvalue weighted by atomic mass is 9.87. The highest BCUT2D eigenvalue weighted by atomic mass is 16.1. The van der Waals surface area contributed by atoms with Crippen LogP contribution in [0, 0.1) is 5.92 Å². The van der Waals surface area contributed by atoms with Crippen molar-refractivity contribution in [2.75, 3.05) is 43.4 Å². The van der Waals surface area contributed by atoms with Gasteiger partial charge in [-0.25, -0.2) is 4.98 Å². The van der Waals surface area contributed by atoms with Gasteiger partial charge in [0.2, 0.25) is 5.91 Å². The number of piperazine rings is 1. The van der Waals surface area contributed by atoms with E-state index < -0.39 is 0 Å². The van der Waals surface area contributed by atoms with E-state index in [-0.39, 0.29) is 5.91 Å². The molecule has 10 nitrogen and oxygen atoms in total. The number of anilines is 2. The van der Waals surface area contributed by atoms with Crippen molar-refractivity contribution in [2.24, 2.45) is 5.92 Å². The van der Waals surface area contributed by atoms with Crippen LogP contribution in [0.25, 0.3) is 44.5 Å². The Balaban J connectivity index is 1.16. The lowest BCUT2D eigenvalue weighted by molar-refractivity contribution is -0.117. The first-order valence-electron chi connectivity index (χ1n) is 14.6. The Morgan fingerprint density at radius 1 is 0.976 bits per heavy atom. The highest BCUT2D eigenvalue weighted by Gasteiger charge is 2.21. The van der Waals surface area contributed by atoms with Gasteiger partial charge in [0, 0.05) is 61.3 Å². The second-order valence-corrected chi connectivity index (χ2v) is 11.5. The summed E-state index contributed by atoms with van der Waals surface area (Å²) in [4.78, 5) is 34.8. The number of hydrogen-bond acceptors (Lipinski definition) is 7. The van der Waals surface area contributed by atoms with Crippen LogP contribution in [0.15, 0.2) is 49.1 Å². The van der Waals surface area contributed by atoms with Gasteiger partial charge in [0.15, 0.2) is 0 Å². The smallest absolute Gasteiger partial charge is 0.224 e. The molecule has 10 heteroatoms. The lowest BCUT2D eigenvalue weighted by Crippen LogP contribution is -2.44. The number of rotatable bonds is 6. The molecule has 0 atom stereocenters. The van der Waals surface area contributed by atoms with Crippen LogP contribution < -0.4 is 10.2 Å². The van der Waals surface area contributed by atoms with Crippen LogP contribution in [0.1, 0.15) is 38.5 Å².